The Morgan fingerprint density at radius 2 is 1.92 bits per heavy atom. The van der Waals surface area contributed by atoms with Gasteiger partial charge in [-0.1, -0.05) is 42.1 Å². The first-order valence-electron chi connectivity index (χ1n) is 7.29. The molecule has 2 N–H and O–H groups in total. The number of benzene rings is 2. The molecule has 122 valence electrons. The molecule has 0 saturated carbocycles. The van der Waals surface area contributed by atoms with Crippen LogP contribution in [0, 0.1) is 0 Å². The normalized spacial score (nSPS) is 10.4. The van der Waals surface area contributed by atoms with E-state index in [1.54, 1.807) is 31.4 Å². The number of amides is 1. The van der Waals surface area contributed by atoms with Gasteiger partial charge in [-0.05, 0) is 24.3 Å². The van der Waals surface area contributed by atoms with E-state index < -0.39 is 0 Å². The van der Waals surface area contributed by atoms with E-state index in [1.165, 1.54) is 11.8 Å². The summed E-state index contributed by atoms with van der Waals surface area (Å²) in [6.45, 7) is 0. The molecule has 0 atom stereocenters. The van der Waals surface area contributed by atoms with Gasteiger partial charge in [-0.25, -0.2) is 4.98 Å². The maximum atomic E-state index is 12.0. The van der Waals surface area contributed by atoms with Crippen LogP contribution in [0.25, 0.3) is 11.4 Å². The number of methoxy groups -OCH3 is 1. The highest BCUT2D eigenvalue weighted by molar-refractivity contribution is 7.99. The molecule has 0 aliphatic carbocycles. The van der Waals surface area contributed by atoms with Gasteiger partial charge in [0.25, 0.3) is 0 Å². The van der Waals surface area contributed by atoms with Crippen molar-refractivity contribution in [2.24, 2.45) is 0 Å². The van der Waals surface area contributed by atoms with Gasteiger partial charge in [0, 0.05) is 11.3 Å². The molecule has 0 saturated heterocycles. The van der Waals surface area contributed by atoms with E-state index in [9.17, 15) is 4.79 Å². The van der Waals surface area contributed by atoms with Crippen molar-refractivity contribution >= 4 is 23.4 Å². The minimum absolute atomic E-state index is 0.115. The average Bonchev–Trinajstić information content (AvgIpc) is 3.10. The summed E-state index contributed by atoms with van der Waals surface area (Å²) in [5.41, 5.74) is 1.68. The van der Waals surface area contributed by atoms with Gasteiger partial charge in [-0.3, -0.25) is 9.89 Å². The molecule has 3 aromatic rings. The molecule has 1 amide bonds. The second-order valence-electron chi connectivity index (χ2n) is 4.90. The third kappa shape index (κ3) is 4.14. The molecule has 0 aliphatic rings. The molecule has 7 heteroatoms. The van der Waals surface area contributed by atoms with Crippen LogP contribution in [0.4, 0.5) is 5.69 Å². The van der Waals surface area contributed by atoms with Gasteiger partial charge in [0.1, 0.15) is 5.75 Å². The Labute approximate surface area is 143 Å². The second kappa shape index (κ2) is 7.65. The Morgan fingerprint density at radius 1 is 1.17 bits per heavy atom. The van der Waals surface area contributed by atoms with E-state index >= 15 is 0 Å². The number of thioether (sulfide) groups is 1. The second-order valence-corrected chi connectivity index (χ2v) is 5.84. The van der Waals surface area contributed by atoms with Crippen LogP contribution in [0.5, 0.6) is 5.75 Å². The zero-order valence-corrected chi connectivity index (χ0v) is 13.8. The molecule has 0 spiro atoms. The molecule has 2 aromatic carbocycles. The molecule has 6 nitrogen and oxygen atoms in total. The van der Waals surface area contributed by atoms with Crippen molar-refractivity contribution in [3.8, 4) is 17.1 Å². The molecule has 3 rings (SSSR count). The summed E-state index contributed by atoms with van der Waals surface area (Å²) < 4.78 is 5.08. The monoisotopic (exact) mass is 340 g/mol. The largest absolute Gasteiger partial charge is 0.497 e. The van der Waals surface area contributed by atoms with Crippen LogP contribution in [-0.2, 0) is 4.79 Å². The smallest absolute Gasteiger partial charge is 0.234 e. The van der Waals surface area contributed by atoms with Crippen molar-refractivity contribution in [2.75, 3.05) is 18.2 Å². The number of H-pyrrole nitrogens is 1. The third-order valence-corrected chi connectivity index (χ3v) is 4.07. The Morgan fingerprint density at radius 3 is 2.62 bits per heavy atom. The highest BCUT2D eigenvalue weighted by Crippen LogP contribution is 2.19. The minimum atomic E-state index is -0.115. The van der Waals surface area contributed by atoms with Crippen LogP contribution in [-0.4, -0.2) is 34.0 Å². The number of nitrogens with one attached hydrogen (secondary N) is 2. The summed E-state index contributed by atoms with van der Waals surface area (Å²) in [6, 6.07) is 16.9. The van der Waals surface area contributed by atoms with Crippen LogP contribution < -0.4 is 10.1 Å². The lowest BCUT2D eigenvalue weighted by Crippen LogP contribution is -2.14. The number of anilines is 1. The molecular formula is C17H16N4O2S. The fourth-order valence-electron chi connectivity index (χ4n) is 2.04. The van der Waals surface area contributed by atoms with Crippen LogP contribution >= 0.6 is 11.8 Å². The minimum Gasteiger partial charge on any atom is -0.497 e. The molecule has 0 bridgehead atoms. The Bertz CT molecular complexity index is 803. The summed E-state index contributed by atoms with van der Waals surface area (Å²) in [4.78, 5) is 16.4. The SMILES string of the molecule is COc1ccc(NC(=O)CSc2n[nH]c(-c3ccccc3)n2)cc1. The lowest BCUT2D eigenvalue weighted by atomic mass is 10.2. The van der Waals surface area contributed by atoms with Crippen molar-refractivity contribution in [1.29, 1.82) is 0 Å². The van der Waals surface area contributed by atoms with Crippen molar-refractivity contribution < 1.29 is 9.53 Å². The van der Waals surface area contributed by atoms with E-state index in [0.29, 0.717) is 11.0 Å². The Hall–Kier alpha value is -2.80. The zero-order valence-electron chi connectivity index (χ0n) is 13.0. The molecule has 24 heavy (non-hydrogen) atoms. The van der Waals surface area contributed by atoms with Gasteiger partial charge in [-0.2, -0.15) is 0 Å². The fraction of sp³-hybridized carbons (Fsp3) is 0.118. The predicted molar refractivity (Wildman–Crippen MR) is 94.2 cm³/mol. The molecule has 0 fully saturated rings. The van der Waals surface area contributed by atoms with Crippen LogP contribution in [0.2, 0.25) is 0 Å². The number of aromatic nitrogens is 3. The van der Waals surface area contributed by atoms with Gasteiger partial charge < -0.3 is 10.1 Å². The lowest BCUT2D eigenvalue weighted by molar-refractivity contribution is -0.113. The molecule has 0 unspecified atom stereocenters. The summed E-state index contributed by atoms with van der Waals surface area (Å²) in [5.74, 6) is 1.56. The van der Waals surface area contributed by atoms with E-state index in [4.69, 9.17) is 4.74 Å². The molecule has 0 aliphatic heterocycles. The zero-order chi connectivity index (χ0) is 16.8. The van der Waals surface area contributed by atoms with E-state index in [2.05, 4.69) is 20.5 Å². The first-order chi connectivity index (χ1) is 11.7. The van der Waals surface area contributed by atoms with Gasteiger partial charge in [0.2, 0.25) is 11.1 Å². The lowest BCUT2D eigenvalue weighted by Gasteiger charge is -2.05. The number of aromatic amines is 1. The summed E-state index contributed by atoms with van der Waals surface area (Å²) in [5, 5.41) is 10.4. The van der Waals surface area contributed by atoms with E-state index in [0.717, 1.165) is 17.0 Å². The Balaban J connectivity index is 1.53. The van der Waals surface area contributed by atoms with Gasteiger partial charge in [0.15, 0.2) is 5.82 Å². The van der Waals surface area contributed by atoms with Gasteiger partial charge in [-0.15, -0.1) is 5.10 Å². The fourth-order valence-corrected chi connectivity index (χ4v) is 2.64. The van der Waals surface area contributed by atoms with Crippen molar-refractivity contribution in [2.45, 2.75) is 5.16 Å². The van der Waals surface area contributed by atoms with Crippen LogP contribution in [0.1, 0.15) is 0 Å². The number of carbonyl (C=O) groups is 1. The van der Waals surface area contributed by atoms with E-state index in [-0.39, 0.29) is 11.7 Å². The van der Waals surface area contributed by atoms with Gasteiger partial charge >= 0.3 is 0 Å². The summed E-state index contributed by atoms with van der Waals surface area (Å²) in [6.07, 6.45) is 0. The maximum Gasteiger partial charge on any atom is 0.234 e. The number of rotatable bonds is 6. The first kappa shape index (κ1) is 16.1. The molecule has 1 heterocycles. The number of carbonyl (C=O) groups excluding carboxylic acids is 1. The third-order valence-electron chi connectivity index (χ3n) is 3.22. The summed E-state index contributed by atoms with van der Waals surface area (Å²) >= 11 is 1.28. The quantitative estimate of drug-likeness (QED) is 0.674. The van der Waals surface area contributed by atoms with E-state index in [1.807, 2.05) is 30.3 Å². The van der Waals surface area contributed by atoms with Crippen molar-refractivity contribution in [1.82, 2.24) is 15.2 Å². The van der Waals surface area contributed by atoms with Crippen LogP contribution in [0.15, 0.2) is 59.8 Å². The first-order valence-corrected chi connectivity index (χ1v) is 8.27. The number of nitrogens with zero attached hydrogens (tertiary/aromatic N) is 2. The molecule has 1 aromatic heterocycles. The predicted octanol–water partition coefficient (Wildman–Crippen LogP) is 3.21. The number of hydrogen-bond donors (Lipinski definition) is 2. The number of ether oxygens (including phenoxy) is 1. The van der Waals surface area contributed by atoms with Crippen molar-refractivity contribution in [3.05, 3.63) is 54.6 Å². The average molecular weight is 340 g/mol. The standard InChI is InChI=1S/C17H16N4O2S/c1-23-14-9-7-13(8-10-14)18-15(22)11-24-17-19-16(20-21-17)12-5-3-2-4-6-12/h2-10H,11H2,1H3,(H,18,22)(H,19,20,21). The number of hydrogen-bond acceptors (Lipinski definition) is 5. The topological polar surface area (TPSA) is 79.9 Å². The Kier molecular flexibility index (Phi) is 5.12. The van der Waals surface area contributed by atoms with Crippen molar-refractivity contribution in [3.63, 3.8) is 0 Å². The molecular weight excluding hydrogens is 324 g/mol. The van der Waals surface area contributed by atoms with Crippen LogP contribution in [0.3, 0.4) is 0 Å². The summed E-state index contributed by atoms with van der Waals surface area (Å²) in [7, 11) is 1.60. The van der Waals surface area contributed by atoms with Gasteiger partial charge in [0.05, 0.1) is 12.9 Å². The molecule has 0 radical (unpaired) electrons. The highest BCUT2D eigenvalue weighted by Gasteiger charge is 2.09. The maximum absolute atomic E-state index is 12.0. The highest BCUT2D eigenvalue weighted by atomic mass is 32.2.